The molecule has 0 amide bonds. The first-order chi connectivity index (χ1) is 11.0. The summed E-state index contributed by atoms with van der Waals surface area (Å²) in [5.74, 6) is 0. The Bertz CT molecular complexity index is 835. The number of imidazole rings is 1. The van der Waals surface area contributed by atoms with Crippen molar-refractivity contribution in [3.8, 4) is 12.4 Å². The van der Waals surface area contributed by atoms with Gasteiger partial charge < -0.3 is 4.98 Å². The van der Waals surface area contributed by atoms with Gasteiger partial charge in [0.15, 0.2) is 18.0 Å². The lowest BCUT2D eigenvalue weighted by molar-refractivity contribution is 0.447. The van der Waals surface area contributed by atoms with Gasteiger partial charge in [-0.05, 0) is 13.3 Å². The summed E-state index contributed by atoms with van der Waals surface area (Å²) in [6, 6.07) is -0.0937. The zero-order valence-electron chi connectivity index (χ0n) is 13.3. The number of nitrogens with zero attached hydrogens (tertiary/aromatic N) is 5. The maximum atomic E-state index is 12.2. The first kappa shape index (κ1) is 18.0. The lowest BCUT2D eigenvalue weighted by atomic mass is 10.1. The van der Waals surface area contributed by atoms with E-state index >= 15 is 0 Å². The fourth-order valence-electron chi connectivity index (χ4n) is 2.20. The van der Waals surface area contributed by atoms with Gasteiger partial charge in [-0.15, -0.1) is 0 Å². The molecular weight excluding hydrogens is 298 g/mol. The van der Waals surface area contributed by atoms with Crippen LogP contribution in [0.4, 0.5) is 0 Å². The second kappa shape index (κ2) is 8.39. The van der Waals surface area contributed by atoms with Crippen LogP contribution < -0.4 is 16.6 Å². The van der Waals surface area contributed by atoms with E-state index in [0.29, 0.717) is 11.2 Å². The molecule has 0 bridgehead atoms. The standard InChI is InChI=1S/C12H18N4O2.C2HN3/c1-4-5-6-8(2)16-11(17)9-10(14-7-13-9)15(3)12(16)18;3-1-5-2-4/h7-8H,4-6H2,1-3H3,(H,13,14);5H. The number of unbranched alkanes of at least 4 members (excludes halogenated alkanes) is 1. The van der Waals surface area contributed by atoms with Crippen molar-refractivity contribution in [2.45, 2.75) is 39.2 Å². The lowest BCUT2D eigenvalue weighted by Crippen LogP contribution is -2.40. The number of nitrogens with one attached hydrogen (secondary N) is 2. The van der Waals surface area contributed by atoms with Crippen molar-refractivity contribution in [1.29, 1.82) is 10.5 Å². The number of H-pyrrole nitrogens is 1. The number of rotatable bonds is 4. The summed E-state index contributed by atoms with van der Waals surface area (Å²) in [5, 5.41) is 16.7. The molecule has 0 saturated heterocycles. The molecule has 2 N–H and O–H groups in total. The van der Waals surface area contributed by atoms with E-state index in [2.05, 4.69) is 16.9 Å². The van der Waals surface area contributed by atoms with Gasteiger partial charge in [-0.1, -0.05) is 19.8 Å². The van der Waals surface area contributed by atoms with Crippen molar-refractivity contribution < 1.29 is 0 Å². The maximum Gasteiger partial charge on any atom is 0.332 e. The van der Waals surface area contributed by atoms with Crippen LogP contribution in [0.2, 0.25) is 0 Å². The molecule has 0 fully saturated rings. The van der Waals surface area contributed by atoms with Crippen LogP contribution in [-0.4, -0.2) is 19.1 Å². The minimum absolute atomic E-state index is 0.0937. The molecule has 0 aromatic carbocycles. The van der Waals surface area contributed by atoms with E-state index in [0.717, 1.165) is 19.3 Å². The molecule has 0 aliphatic carbocycles. The van der Waals surface area contributed by atoms with Gasteiger partial charge in [-0.25, -0.2) is 15.1 Å². The predicted octanol–water partition coefficient (Wildman–Crippen LogP) is 0.713. The van der Waals surface area contributed by atoms with Gasteiger partial charge in [0.1, 0.15) is 5.52 Å². The predicted molar refractivity (Wildman–Crippen MR) is 84.2 cm³/mol. The van der Waals surface area contributed by atoms with Gasteiger partial charge >= 0.3 is 5.69 Å². The Balaban J connectivity index is 0.000000463. The zero-order valence-corrected chi connectivity index (χ0v) is 13.3. The quantitative estimate of drug-likeness (QED) is 0.630. The van der Waals surface area contributed by atoms with Gasteiger partial charge in [0.05, 0.1) is 6.33 Å². The van der Waals surface area contributed by atoms with Crippen molar-refractivity contribution in [3.05, 3.63) is 27.2 Å². The number of hydrogen-bond acceptors (Lipinski definition) is 6. The summed E-state index contributed by atoms with van der Waals surface area (Å²) >= 11 is 0. The van der Waals surface area contributed by atoms with Gasteiger partial charge in [0.25, 0.3) is 5.56 Å². The van der Waals surface area contributed by atoms with Gasteiger partial charge in [-0.2, -0.15) is 10.5 Å². The second-order valence-electron chi connectivity index (χ2n) is 4.96. The highest BCUT2D eigenvalue weighted by Crippen LogP contribution is 2.11. The Labute approximate surface area is 132 Å². The van der Waals surface area contributed by atoms with Crippen LogP contribution >= 0.6 is 0 Å². The molecule has 2 heterocycles. The van der Waals surface area contributed by atoms with E-state index in [1.54, 1.807) is 12.4 Å². The Kier molecular flexibility index (Phi) is 6.56. The zero-order chi connectivity index (χ0) is 17.4. The second-order valence-corrected chi connectivity index (χ2v) is 4.96. The SMILES string of the molecule is CCCCC(C)n1c(=O)c2[nH]cnc2n(C)c1=O.N#CNC#N. The highest BCUT2D eigenvalue weighted by atomic mass is 16.2. The molecule has 9 nitrogen and oxygen atoms in total. The Morgan fingerprint density at radius 1 is 1.39 bits per heavy atom. The highest BCUT2D eigenvalue weighted by Gasteiger charge is 2.16. The van der Waals surface area contributed by atoms with Gasteiger partial charge in [0, 0.05) is 13.1 Å². The Hall–Kier alpha value is -3.07. The molecule has 0 saturated carbocycles. The molecule has 2 aromatic heterocycles. The molecule has 0 spiro atoms. The van der Waals surface area contributed by atoms with Crippen molar-refractivity contribution in [2.75, 3.05) is 0 Å². The van der Waals surface area contributed by atoms with E-state index in [1.807, 2.05) is 6.92 Å². The minimum Gasteiger partial charge on any atom is -0.339 e. The molecule has 0 aliphatic heterocycles. The van der Waals surface area contributed by atoms with Gasteiger partial charge in [0.2, 0.25) is 0 Å². The molecule has 0 aliphatic rings. The molecule has 2 rings (SSSR count). The number of aromatic amines is 1. The average Bonchev–Trinajstić information content (AvgIpc) is 3.02. The van der Waals surface area contributed by atoms with E-state index in [-0.39, 0.29) is 17.3 Å². The topological polar surface area (TPSA) is 132 Å². The monoisotopic (exact) mass is 317 g/mol. The number of aromatic nitrogens is 4. The molecule has 122 valence electrons. The summed E-state index contributed by atoms with van der Waals surface area (Å²) in [6.07, 6.45) is 7.12. The van der Waals surface area contributed by atoms with Crippen molar-refractivity contribution >= 4 is 11.2 Å². The maximum absolute atomic E-state index is 12.2. The lowest BCUT2D eigenvalue weighted by Gasteiger charge is -2.14. The third-order valence-corrected chi connectivity index (χ3v) is 3.39. The Morgan fingerprint density at radius 3 is 2.57 bits per heavy atom. The van der Waals surface area contributed by atoms with Crippen LogP contribution in [0.1, 0.15) is 39.2 Å². The average molecular weight is 317 g/mol. The largest absolute Gasteiger partial charge is 0.339 e. The van der Waals surface area contributed by atoms with Crippen molar-refractivity contribution in [1.82, 2.24) is 24.4 Å². The number of aryl methyl sites for hydroxylation is 1. The summed E-state index contributed by atoms with van der Waals surface area (Å²) < 4.78 is 2.73. The van der Waals surface area contributed by atoms with Crippen LogP contribution in [0.25, 0.3) is 11.2 Å². The smallest absolute Gasteiger partial charge is 0.332 e. The first-order valence-corrected chi connectivity index (χ1v) is 7.17. The van der Waals surface area contributed by atoms with E-state index in [4.69, 9.17) is 10.5 Å². The van der Waals surface area contributed by atoms with Crippen LogP contribution in [0.5, 0.6) is 0 Å². The summed E-state index contributed by atoms with van der Waals surface area (Å²) in [5.41, 5.74) is 0.210. The molecule has 1 unspecified atom stereocenters. The van der Waals surface area contributed by atoms with Crippen molar-refractivity contribution in [2.24, 2.45) is 7.05 Å². The van der Waals surface area contributed by atoms with Crippen LogP contribution in [-0.2, 0) is 7.05 Å². The van der Waals surface area contributed by atoms with E-state index in [9.17, 15) is 9.59 Å². The summed E-state index contributed by atoms with van der Waals surface area (Å²) in [6.45, 7) is 3.99. The molecule has 1 atom stereocenters. The Morgan fingerprint density at radius 2 is 2.04 bits per heavy atom. The fraction of sp³-hybridized carbons (Fsp3) is 0.500. The van der Waals surface area contributed by atoms with E-state index < -0.39 is 0 Å². The number of fused-ring (bicyclic) bond motifs is 1. The van der Waals surface area contributed by atoms with Crippen LogP contribution in [0.3, 0.4) is 0 Å². The third-order valence-electron chi connectivity index (χ3n) is 3.39. The minimum atomic E-state index is -0.303. The molecule has 23 heavy (non-hydrogen) atoms. The summed E-state index contributed by atoms with van der Waals surface area (Å²) in [7, 11) is 1.63. The third kappa shape index (κ3) is 3.98. The number of nitriles is 2. The normalized spacial score (nSPS) is 11.0. The van der Waals surface area contributed by atoms with Crippen LogP contribution in [0.15, 0.2) is 15.9 Å². The molecule has 9 heteroatoms. The summed E-state index contributed by atoms with van der Waals surface area (Å²) in [4.78, 5) is 31.2. The molecular formula is C14H19N7O2. The van der Waals surface area contributed by atoms with Crippen LogP contribution in [0, 0.1) is 22.9 Å². The van der Waals surface area contributed by atoms with Gasteiger partial charge in [-0.3, -0.25) is 13.9 Å². The molecule has 0 radical (unpaired) electrons. The first-order valence-electron chi connectivity index (χ1n) is 7.17. The van der Waals surface area contributed by atoms with Crippen molar-refractivity contribution in [3.63, 3.8) is 0 Å². The highest BCUT2D eigenvalue weighted by molar-refractivity contribution is 5.68. The fourth-order valence-corrected chi connectivity index (χ4v) is 2.20. The van der Waals surface area contributed by atoms with E-state index in [1.165, 1.54) is 27.8 Å². The molecule has 2 aromatic rings. The number of hydrogen-bond donors (Lipinski definition) is 2.